The van der Waals surface area contributed by atoms with Gasteiger partial charge in [0.2, 0.25) is 5.91 Å². The van der Waals surface area contributed by atoms with Gasteiger partial charge >= 0.3 is 0 Å². The summed E-state index contributed by atoms with van der Waals surface area (Å²) in [7, 11) is 0. The van der Waals surface area contributed by atoms with Gasteiger partial charge in [0.25, 0.3) is 0 Å². The summed E-state index contributed by atoms with van der Waals surface area (Å²) in [6, 6.07) is 16.8. The van der Waals surface area contributed by atoms with Crippen LogP contribution in [0.15, 0.2) is 54.6 Å². The lowest BCUT2D eigenvalue weighted by Gasteiger charge is -2.44. The summed E-state index contributed by atoms with van der Waals surface area (Å²) in [5, 5.41) is 3.57. The molecular weight excluding hydrogens is 341 g/mol. The molecule has 27 heavy (non-hydrogen) atoms. The third-order valence-corrected chi connectivity index (χ3v) is 5.80. The van der Waals surface area contributed by atoms with Crippen LogP contribution in [0, 0.1) is 5.82 Å². The van der Waals surface area contributed by atoms with Gasteiger partial charge in [0.15, 0.2) is 0 Å². The van der Waals surface area contributed by atoms with Gasteiger partial charge in [-0.1, -0.05) is 42.5 Å². The number of amides is 1. The van der Waals surface area contributed by atoms with Crippen LogP contribution in [0.1, 0.15) is 30.9 Å². The van der Waals surface area contributed by atoms with Crippen molar-refractivity contribution < 1.29 is 9.18 Å². The predicted octanol–water partition coefficient (Wildman–Crippen LogP) is 3.14. The highest BCUT2D eigenvalue weighted by molar-refractivity contribution is 5.84. The summed E-state index contributed by atoms with van der Waals surface area (Å²) >= 11 is 0. The SMILES string of the molecule is CC1NC2(CCN(Cc3cccc(F)c3)CC2)N(Cc2ccccc2)C1=O. The molecule has 1 N–H and O–H groups in total. The smallest absolute Gasteiger partial charge is 0.241 e. The van der Waals surface area contributed by atoms with Crippen LogP contribution in [0.2, 0.25) is 0 Å². The molecule has 1 unspecified atom stereocenters. The molecule has 0 aliphatic carbocycles. The summed E-state index contributed by atoms with van der Waals surface area (Å²) < 4.78 is 13.4. The monoisotopic (exact) mass is 367 g/mol. The van der Waals surface area contributed by atoms with Gasteiger partial charge in [-0.2, -0.15) is 0 Å². The Balaban J connectivity index is 1.45. The summed E-state index contributed by atoms with van der Waals surface area (Å²) in [6.07, 6.45) is 1.76. The molecule has 2 aliphatic heterocycles. The maximum atomic E-state index is 13.4. The van der Waals surface area contributed by atoms with E-state index < -0.39 is 0 Å². The van der Waals surface area contributed by atoms with Crippen LogP contribution >= 0.6 is 0 Å². The highest BCUT2D eigenvalue weighted by Crippen LogP contribution is 2.34. The highest BCUT2D eigenvalue weighted by Gasteiger charge is 2.49. The van der Waals surface area contributed by atoms with Crippen LogP contribution < -0.4 is 5.32 Å². The maximum Gasteiger partial charge on any atom is 0.241 e. The Kier molecular flexibility index (Phi) is 4.98. The first kappa shape index (κ1) is 18.1. The van der Waals surface area contributed by atoms with Crippen LogP contribution in [0.25, 0.3) is 0 Å². The average molecular weight is 367 g/mol. The molecule has 1 amide bonds. The fraction of sp³-hybridized carbons (Fsp3) is 0.409. The largest absolute Gasteiger partial charge is 0.319 e. The lowest BCUT2D eigenvalue weighted by atomic mass is 9.95. The third kappa shape index (κ3) is 3.75. The summed E-state index contributed by atoms with van der Waals surface area (Å²) in [6.45, 7) is 5.11. The van der Waals surface area contributed by atoms with Crippen LogP contribution in [-0.4, -0.2) is 40.5 Å². The Morgan fingerprint density at radius 1 is 1.04 bits per heavy atom. The van der Waals surface area contributed by atoms with Crippen molar-refractivity contribution in [3.63, 3.8) is 0 Å². The number of nitrogens with one attached hydrogen (secondary N) is 1. The van der Waals surface area contributed by atoms with E-state index in [-0.39, 0.29) is 23.4 Å². The zero-order valence-electron chi connectivity index (χ0n) is 15.7. The fourth-order valence-electron chi connectivity index (χ4n) is 4.37. The number of rotatable bonds is 4. The number of halogens is 1. The second kappa shape index (κ2) is 7.41. The molecule has 1 atom stereocenters. The van der Waals surface area contributed by atoms with E-state index in [1.165, 1.54) is 6.07 Å². The number of benzene rings is 2. The summed E-state index contributed by atoms with van der Waals surface area (Å²) in [5.41, 5.74) is 1.88. The Morgan fingerprint density at radius 3 is 2.44 bits per heavy atom. The molecule has 2 heterocycles. The van der Waals surface area contributed by atoms with Crippen molar-refractivity contribution in [1.29, 1.82) is 0 Å². The van der Waals surface area contributed by atoms with E-state index in [0.717, 1.165) is 43.6 Å². The normalized spacial score (nSPS) is 22.5. The molecular formula is C22H26FN3O. The minimum absolute atomic E-state index is 0.150. The Bertz CT molecular complexity index is 802. The molecule has 2 saturated heterocycles. The van der Waals surface area contributed by atoms with Gasteiger partial charge in [-0.25, -0.2) is 4.39 Å². The van der Waals surface area contributed by atoms with Gasteiger partial charge in [0.05, 0.1) is 11.7 Å². The zero-order chi connectivity index (χ0) is 18.9. The summed E-state index contributed by atoms with van der Waals surface area (Å²) in [4.78, 5) is 17.2. The number of piperidine rings is 1. The molecule has 0 aromatic heterocycles. The molecule has 2 aromatic rings. The second-order valence-electron chi connectivity index (χ2n) is 7.71. The number of hydrogen-bond acceptors (Lipinski definition) is 3. The van der Waals surface area contributed by atoms with Gasteiger partial charge in [0.1, 0.15) is 5.82 Å². The Morgan fingerprint density at radius 2 is 1.74 bits per heavy atom. The highest BCUT2D eigenvalue weighted by atomic mass is 19.1. The molecule has 0 bridgehead atoms. The van der Waals surface area contributed by atoms with E-state index >= 15 is 0 Å². The first-order valence-corrected chi connectivity index (χ1v) is 9.66. The van der Waals surface area contributed by atoms with Crippen molar-refractivity contribution in [1.82, 2.24) is 15.1 Å². The molecule has 2 aromatic carbocycles. The molecule has 4 rings (SSSR count). The third-order valence-electron chi connectivity index (χ3n) is 5.80. The lowest BCUT2D eigenvalue weighted by molar-refractivity contribution is -0.134. The van der Waals surface area contributed by atoms with E-state index in [0.29, 0.717) is 6.54 Å². The van der Waals surface area contributed by atoms with Crippen molar-refractivity contribution in [2.45, 2.75) is 44.6 Å². The molecule has 4 nitrogen and oxygen atoms in total. The fourth-order valence-corrected chi connectivity index (χ4v) is 4.37. The predicted molar refractivity (Wildman–Crippen MR) is 103 cm³/mol. The minimum atomic E-state index is -0.273. The molecule has 142 valence electrons. The standard InChI is InChI=1S/C22H26FN3O/c1-17-21(27)26(16-18-6-3-2-4-7-18)22(24-17)10-12-25(13-11-22)15-19-8-5-9-20(23)14-19/h2-9,14,17,24H,10-13,15-16H2,1H3. The Hall–Kier alpha value is -2.24. The van der Waals surface area contributed by atoms with Crippen LogP contribution in [0.3, 0.4) is 0 Å². The summed E-state index contributed by atoms with van der Waals surface area (Å²) in [5.74, 6) is -0.00988. The van der Waals surface area contributed by atoms with Crippen molar-refractivity contribution in [3.05, 3.63) is 71.5 Å². The van der Waals surface area contributed by atoms with Crippen LogP contribution in [0.5, 0.6) is 0 Å². The Labute approximate surface area is 160 Å². The van der Waals surface area contributed by atoms with Crippen LogP contribution in [0.4, 0.5) is 4.39 Å². The molecule has 0 saturated carbocycles. The molecule has 0 radical (unpaired) electrons. The number of nitrogens with zero attached hydrogens (tertiary/aromatic N) is 2. The van der Waals surface area contributed by atoms with Crippen molar-refractivity contribution in [3.8, 4) is 0 Å². The van der Waals surface area contributed by atoms with Gasteiger partial charge in [-0.3, -0.25) is 15.0 Å². The molecule has 1 spiro atoms. The van der Waals surface area contributed by atoms with Crippen molar-refractivity contribution in [2.24, 2.45) is 0 Å². The van der Waals surface area contributed by atoms with Gasteiger partial charge in [0, 0.05) is 26.2 Å². The van der Waals surface area contributed by atoms with Gasteiger partial charge in [-0.15, -0.1) is 0 Å². The first-order valence-electron chi connectivity index (χ1n) is 9.66. The number of carbonyl (C=O) groups is 1. The van der Waals surface area contributed by atoms with Crippen molar-refractivity contribution >= 4 is 5.91 Å². The zero-order valence-corrected chi connectivity index (χ0v) is 15.7. The number of likely N-dealkylation sites (tertiary alicyclic amines) is 1. The van der Waals surface area contributed by atoms with E-state index in [9.17, 15) is 9.18 Å². The van der Waals surface area contributed by atoms with Gasteiger partial charge in [-0.05, 0) is 43.0 Å². The van der Waals surface area contributed by atoms with E-state index in [4.69, 9.17) is 0 Å². The number of hydrogen-bond donors (Lipinski definition) is 1. The van der Waals surface area contributed by atoms with E-state index in [1.807, 2.05) is 36.1 Å². The lowest BCUT2D eigenvalue weighted by Crippen LogP contribution is -2.58. The molecule has 2 aliphatic rings. The molecule has 2 fully saturated rings. The quantitative estimate of drug-likeness (QED) is 0.902. The van der Waals surface area contributed by atoms with E-state index in [2.05, 4.69) is 22.3 Å². The topological polar surface area (TPSA) is 35.6 Å². The average Bonchev–Trinajstić information content (AvgIpc) is 2.89. The van der Waals surface area contributed by atoms with Crippen LogP contribution in [-0.2, 0) is 17.9 Å². The second-order valence-corrected chi connectivity index (χ2v) is 7.71. The maximum absolute atomic E-state index is 13.4. The number of carbonyl (C=O) groups excluding carboxylic acids is 1. The first-order chi connectivity index (χ1) is 13.1. The van der Waals surface area contributed by atoms with E-state index in [1.54, 1.807) is 12.1 Å². The molecule has 5 heteroatoms. The van der Waals surface area contributed by atoms with Gasteiger partial charge < -0.3 is 4.90 Å². The van der Waals surface area contributed by atoms with Crippen molar-refractivity contribution in [2.75, 3.05) is 13.1 Å². The minimum Gasteiger partial charge on any atom is -0.319 e.